The van der Waals surface area contributed by atoms with Crippen molar-refractivity contribution in [2.75, 3.05) is 23.8 Å². The summed E-state index contributed by atoms with van der Waals surface area (Å²) in [6.45, 7) is 0.549. The second kappa shape index (κ2) is 6.85. The summed E-state index contributed by atoms with van der Waals surface area (Å²) in [4.78, 5) is 17.8. The van der Waals surface area contributed by atoms with Crippen molar-refractivity contribution < 1.29 is 4.74 Å². The summed E-state index contributed by atoms with van der Waals surface area (Å²) in [6, 6.07) is 8.62. The van der Waals surface area contributed by atoms with Gasteiger partial charge in [-0.1, -0.05) is 23.9 Å². The first-order valence-electron chi connectivity index (χ1n) is 6.12. The normalized spacial score (nSPS) is 10.4. The summed E-state index contributed by atoms with van der Waals surface area (Å²) >= 11 is 1.43. The van der Waals surface area contributed by atoms with Gasteiger partial charge in [-0.25, -0.2) is 4.98 Å². The van der Waals surface area contributed by atoms with Crippen LogP contribution in [-0.2, 0) is 0 Å². The first kappa shape index (κ1) is 14.3. The third-order valence-corrected chi connectivity index (χ3v) is 3.40. The molecule has 0 radical (unpaired) electrons. The van der Waals surface area contributed by atoms with Crippen LogP contribution in [0, 0.1) is 0 Å². The molecule has 0 amide bonds. The van der Waals surface area contributed by atoms with E-state index in [1.807, 2.05) is 18.2 Å². The molecule has 0 aliphatic heterocycles. The zero-order valence-corrected chi connectivity index (χ0v) is 11.7. The van der Waals surface area contributed by atoms with Gasteiger partial charge in [0.1, 0.15) is 11.6 Å². The van der Waals surface area contributed by atoms with Crippen molar-refractivity contribution in [2.45, 2.75) is 11.6 Å². The highest BCUT2D eigenvalue weighted by molar-refractivity contribution is 7.99. The van der Waals surface area contributed by atoms with Crippen LogP contribution in [0.25, 0.3) is 0 Å². The Morgan fingerprint density at radius 2 is 2.10 bits per heavy atom. The number of rotatable bonds is 6. The first-order valence-corrected chi connectivity index (χ1v) is 7.10. The highest BCUT2D eigenvalue weighted by Gasteiger charge is 2.01. The molecule has 0 spiro atoms. The third kappa shape index (κ3) is 4.20. The van der Waals surface area contributed by atoms with Crippen LogP contribution in [0.3, 0.4) is 0 Å². The van der Waals surface area contributed by atoms with Gasteiger partial charge >= 0.3 is 0 Å². The van der Waals surface area contributed by atoms with Crippen LogP contribution in [0.5, 0.6) is 5.75 Å². The lowest BCUT2D eigenvalue weighted by atomic mass is 10.3. The predicted molar refractivity (Wildman–Crippen MR) is 81.0 cm³/mol. The molecule has 7 heteroatoms. The Morgan fingerprint density at radius 1 is 1.30 bits per heavy atom. The van der Waals surface area contributed by atoms with E-state index >= 15 is 0 Å². The maximum Gasteiger partial charge on any atom is 0.253 e. The number of hydrogen-bond acceptors (Lipinski definition) is 6. The Bertz CT molecular complexity index is 630. The van der Waals surface area contributed by atoms with E-state index in [1.165, 1.54) is 17.8 Å². The second-order valence-corrected chi connectivity index (χ2v) is 5.15. The van der Waals surface area contributed by atoms with Crippen LogP contribution in [0.2, 0.25) is 0 Å². The van der Waals surface area contributed by atoms with Crippen LogP contribution in [-0.4, -0.2) is 22.3 Å². The first-order chi connectivity index (χ1) is 9.65. The van der Waals surface area contributed by atoms with Crippen molar-refractivity contribution in [1.82, 2.24) is 9.97 Å². The van der Waals surface area contributed by atoms with E-state index in [-0.39, 0.29) is 11.4 Å². The number of hydrogen-bond donors (Lipinski definition) is 3. The minimum absolute atomic E-state index is 0.226. The number of nitrogens with one attached hydrogen (secondary N) is 1. The van der Waals surface area contributed by atoms with Crippen molar-refractivity contribution >= 4 is 23.3 Å². The Kier molecular flexibility index (Phi) is 4.89. The molecule has 1 aromatic carbocycles. The number of benzene rings is 1. The van der Waals surface area contributed by atoms with E-state index in [9.17, 15) is 4.79 Å². The molecule has 0 atom stereocenters. The zero-order valence-electron chi connectivity index (χ0n) is 10.8. The highest BCUT2D eigenvalue weighted by atomic mass is 32.2. The fourth-order valence-electron chi connectivity index (χ4n) is 1.54. The van der Waals surface area contributed by atoms with Gasteiger partial charge in [0.2, 0.25) is 0 Å². The second-order valence-electron chi connectivity index (χ2n) is 4.06. The van der Waals surface area contributed by atoms with Gasteiger partial charge in [0, 0.05) is 11.8 Å². The largest absolute Gasteiger partial charge is 0.491 e. The molecule has 2 aromatic rings. The Hall–Kier alpha value is -2.15. The molecule has 0 bridgehead atoms. The average Bonchev–Trinajstić information content (AvgIpc) is 2.39. The van der Waals surface area contributed by atoms with Gasteiger partial charge in [0.15, 0.2) is 5.16 Å². The molecule has 6 nitrogen and oxygen atoms in total. The number of anilines is 2. The van der Waals surface area contributed by atoms with Gasteiger partial charge < -0.3 is 21.2 Å². The number of nitrogen functional groups attached to an aromatic ring is 2. The average molecular weight is 292 g/mol. The minimum atomic E-state index is -0.242. The van der Waals surface area contributed by atoms with Gasteiger partial charge in [-0.15, -0.1) is 0 Å². The van der Waals surface area contributed by atoms with Gasteiger partial charge in [-0.2, -0.15) is 0 Å². The summed E-state index contributed by atoms with van der Waals surface area (Å²) in [5.41, 5.74) is 11.6. The van der Waals surface area contributed by atoms with E-state index in [2.05, 4.69) is 9.97 Å². The molecule has 0 unspecified atom stereocenters. The number of nitrogens with zero attached hydrogens (tertiary/aromatic N) is 1. The molecule has 5 N–H and O–H groups in total. The molecule has 0 saturated heterocycles. The molecule has 0 fully saturated rings. The number of para-hydroxylation sites is 2. The van der Waals surface area contributed by atoms with Crippen molar-refractivity contribution in [3.05, 3.63) is 40.7 Å². The molecule has 20 heavy (non-hydrogen) atoms. The van der Waals surface area contributed by atoms with Crippen LogP contribution >= 0.6 is 11.8 Å². The summed E-state index contributed by atoms with van der Waals surface area (Å²) < 4.78 is 5.57. The molecular formula is C13H16N4O2S. The van der Waals surface area contributed by atoms with Gasteiger partial charge in [-0.05, 0) is 18.6 Å². The van der Waals surface area contributed by atoms with Crippen molar-refractivity contribution in [3.63, 3.8) is 0 Å². The maximum absolute atomic E-state index is 11.2. The van der Waals surface area contributed by atoms with E-state index in [4.69, 9.17) is 16.2 Å². The third-order valence-electron chi connectivity index (χ3n) is 2.44. The summed E-state index contributed by atoms with van der Waals surface area (Å²) in [5, 5.41) is 0.522. The smallest absolute Gasteiger partial charge is 0.253 e. The van der Waals surface area contributed by atoms with Crippen molar-refractivity contribution in [2.24, 2.45) is 0 Å². The number of nitrogens with two attached hydrogens (primary N) is 2. The number of H-pyrrole nitrogens is 1. The number of ether oxygens (including phenoxy) is 1. The summed E-state index contributed by atoms with van der Waals surface area (Å²) in [6.07, 6.45) is 0.803. The molecule has 2 rings (SSSR count). The van der Waals surface area contributed by atoms with E-state index < -0.39 is 0 Å². The minimum Gasteiger partial charge on any atom is -0.491 e. The summed E-state index contributed by atoms with van der Waals surface area (Å²) in [7, 11) is 0. The van der Waals surface area contributed by atoms with E-state index in [1.54, 1.807) is 6.07 Å². The van der Waals surface area contributed by atoms with Gasteiger partial charge in [0.05, 0.1) is 12.3 Å². The highest BCUT2D eigenvalue weighted by Crippen LogP contribution is 2.20. The topological polar surface area (TPSA) is 107 Å². The Balaban J connectivity index is 1.74. The SMILES string of the molecule is Nc1cc(=O)[nH]c(SCCCOc2ccccc2N)n1. The van der Waals surface area contributed by atoms with Crippen molar-refractivity contribution in [3.8, 4) is 5.75 Å². The van der Waals surface area contributed by atoms with Crippen molar-refractivity contribution in [1.29, 1.82) is 0 Å². The summed E-state index contributed by atoms with van der Waals surface area (Å²) in [5.74, 6) is 1.68. The molecule has 1 heterocycles. The lowest BCUT2D eigenvalue weighted by Crippen LogP contribution is -2.09. The van der Waals surface area contributed by atoms with Crippen LogP contribution in [0.4, 0.5) is 11.5 Å². The lowest BCUT2D eigenvalue weighted by Gasteiger charge is -2.08. The fraction of sp³-hybridized carbons (Fsp3) is 0.231. The molecule has 1 aromatic heterocycles. The molecule has 0 saturated carbocycles. The Labute approximate surface area is 120 Å². The van der Waals surface area contributed by atoms with Gasteiger partial charge in [-0.3, -0.25) is 4.79 Å². The quantitative estimate of drug-likeness (QED) is 0.322. The fourth-order valence-corrected chi connectivity index (χ4v) is 2.34. The van der Waals surface area contributed by atoms with E-state index in [0.29, 0.717) is 23.2 Å². The van der Waals surface area contributed by atoms with Crippen LogP contribution < -0.4 is 21.8 Å². The lowest BCUT2D eigenvalue weighted by molar-refractivity contribution is 0.320. The molecule has 106 valence electrons. The zero-order chi connectivity index (χ0) is 14.4. The van der Waals surface area contributed by atoms with Gasteiger partial charge in [0.25, 0.3) is 5.56 Å². The predicted octanol–water partition coefficient (Wildman–Crippen LogP) is 1.50. The van der Waals surface area contributed by atoms with Crippen LogP contribution in [0.15, 0.2) is 40.3 Å². The molecule has 0 aliphatic rings. The number of thioether (sulfide) groups is 1. The number of aromatic nitrogens is 2. The molecule has 0 aliphatic carbocycles. The standard InChI is InChI=1S/C13H16N4O2S/c14-9-4-1-2-5-10(9)19-6-3-7-20-13-16-11(15)8-12(18)17-13/h1-2,4-5,8H,3,6-7,14H2,(H3,15,16,17,18). The Morgan fingerprint density at radius 3 is 2.85 bits per heavy atom. The van der Waals surface area contributed by atoms with E-state index in [0.717, 1.165) is 12.2 Å². The molecular weight excluding hydrogens is 276 g/mol. The maximum atomic E-state index is 11.2. The van der Waals surface area contributed by atoms with Crippen LogP contribution in [0.1, 0.15) is 6.42 Å². The number of aromatic amines is 1. The monoisotopic (exact) mass is 292 g/mol.